The van der Waals surface area contributed by atoms with Crippen molar-refractivity contribution < 1.29 is 0 Å². The van der Waals surface area contributed by atoms with Crippen molar-refractivity contribution in [3.8, 4) is 56.9 Å². The zero-order valence-corrected chi connectivity index (χ0v) is 32.3. The van der Waals surface area contributed by atoms with Crippen LogP contribution in [0.15, 0.2) is 206 Å². The molecule has 6 aromatic heterocycles. The maximum atomic E-state index is 5.40. The molecule has 6 aromatic carbocycles. The summed E-state index contributed by atoms with van der Waals surface area (Å²) in [4.78, 5) is 21.0. The average molecular weight is 767 g/mol. The van der Waals surface area contributed by atoms with E-state index in [0.29, 0.717) is 0 Å². The van der Waals surface area contributed by atoms with Crippen LogP contribution >= 0.6 is 0 Å². The van der Waals surface area contributed by atoms with E-state index in [1.165, 1.54) is 32.3 Å². The van der Waals surface area contributed by atoms with Crippen LogP contribution in [-0.4, -0.2) is 29.1 Å². The van der Waals surface area contributed by atoms with Gasteiger partial charge in [-0.25, -0.2) is 19.9 Å². The number of nitrogens with zero attached hydrogens (tertiary/aromatic N) is 6. The van der Waals surface area contributed by atoms with Gasteiger partial charge in [0.15, 0.2) is 0 Å². The summed E-state index contributed by atoms with van der Waals surface area (Å²) in [7, 11) is 0. The van der Waals surface area contributed by atoms with Crippen LogP contribution in [0.4, 0.5) is 0 Å². The normalized spacial score (nSPS) is 11.7. The van der Waals surface area contributed by atoms with Crippen LogP contribution in [-0.2, 0) is 0 Å². The molecule has 0 amide bonds. The molecule has 280 valence electrons. The Bertz CT molecular complexity index is 3520. The van der Waals surface area contributed by atoms with Gasteiger partial charge in [0.05, 0.1) is 56.2 Å². The van der Waals surface area contributed by atoms with E-state index in [1.54, 1.807) is 0 Å². The predicted octanol–water partition coefficient (Wildman–Crippen LogP) is 13.3. The monoisotopic (exact) mass is 766 g/mol. The van der Waals surface area contributed by atoms with Gasteiger partial charge in [0.2, 0.25) is 0 Å². The Kier molecular flexibility index (Phi) is 7.74. The first-order valence-corrected chi connectivity index (χ1v) is 20.1. The summed E-state index contributed by atoms with van der Waals surface area (Å²) in [5, 5.41) is 7.15. The fourth-order valence-corrected chi connectivity index (χ4v) is 8.86. The molecule has 6 nitrogen and oxygen atoms in total. The molecule has 0 saturated carbocycles. The molecule has 0 saturated heterocycles. The lowest BCUT2D eigenvalue weighted by atomic mass is 9.98. The summed E-state index contributed by atoms with van der Waals surface area (Å²) >= 11 is 0. The summed E-state index contributed by atoms with van der Waals surface area (Å²) in [6.07, 6.45) is 0. The minimum Gasteiger partial charge on any atom is -0.294 e. The maximum Gasteiger partial charge on any atom is 0.138 e. The summed E-state index contributed by atoms with van der Waals surface area (Å²) in [6, 6.07) is 71.8. The van der Waals surface area contributed by atoms with E-state index in [4.69, 9.17) is 19.9 Å². The van der Waals surface area contributed by atoms with Gasteiger partial charge in [0, 0.05) is 21.5 Å². The topological polar surface area (TPSA) is 61.4 Å². The first-order valence-electron chi connectivity index (χ1n) is 20.1. The highest BCUT2D eigenvalue weighted by molar-refractivity contribution is 6.10. The minimum atomic E-state index is 0.753. The highest BCUT2D eigenvalue weighted by atomic mass is 15.1. The molecule has 0 aliphatic carbocycles. The van der Waals surface area contributed by atoms with Gasteiger partial charge in [-0.3, -0.25) is 9.13 Å². The molecule has 0 bridgehead atoms. The van der Waals surface area contributed by atoms with Crippen molar-refractivity contribution in [3.05, 3.63) is 206 Å². The Labute approximate surface area is 345 Å². The summed E-state index contributed by atoms with van der Waals surface area (Å²) in [5.41, 5.74) is 11.2. The Morgan fingerprint density at radius 3 is 1.20 bits per heavy atom. The molecule has 12 rings (SSSR count). The first kappa shape index (κ1) is 33.9. The number of aromatic nitrogens is 6. The molecule has 0 unspecified atom stereocenters. The molecule has 0 atom stereocenters. The van der Waals surface area contributed by atoms with E-state index in [2.05, 4.69) is 173 Å². The predicted molar refractivity (Wildman–Crippen MR) is 246 cm³/mol. The van der Waals surface area contributed by atoms with Crippen LogP contribution in [0.25, 0.3) is 111 Å². The maximum absolute atomic E-state index is 5.40. The minimum absolute atomic E-state index is 0.753. The molecule has 60 heavy (non-hydrogen) atoms. The lowest BCUT2D eigenvalue weighted by molar-refractivity contribution is 1.07. The second-order valence-corrected chi connectivity index (χ2v) is 15.1. The van der Waals surface area contributed by atoms with Crippen molar-refractivity contribution in [3.63, 3.8) is 0 Å². The molecule has 0 aliphatic heterocycles. The van der Waals surface area contributed by atoms with Crippen LogP contribution in [0, 0.1) is 0 Å². The lowest BCUT2D eigenvalue weighted by Crippen LogP contribution is -2.01. The second-order valence-electron chi connectivity index (χ2n) is 15.1. The lowest BCUT2D eigenvalue weighted by Gasteiger charge is -2.14. The molecule has 0 aliphatic rings. The number of fused-ring (bicyclic) bond motifs is 7. The zero-order chi connectivity index (χ0) is 39.6. The molecule has 6 heteroatoms. The van der Waals surface area contributed by atoms with Gasteiger partial charge in [0.25, 0.3) is 0 Å². The van der Waals surface area contributed by atoms with E-state index in [0.717, 1.165) is 79.0 Å². The van der Waals surface area contributed by atoms with Gasteiger partial charge >= 0.3 is 0 Å². The smallest absolute Gasteiger partial charge is 0.138 e. The molecule has 12 aromatic rings. The van der Waals surface area contributed by atoms with Crippen molar-refractivity contribution in [2.24, 2.45) is 0 Å². The largest absolute Gasteiger partial charge is 0.294 e. The Morgan fingerprint density at radius 2 is 0.650 bits per heavy atom. The molecular weight excluding hydrogens is 733 g/mol. The highest BCUT2D eigenvalue weighted by Crippen LogP contribution is 2.37. The Morgan fingerprint density at radius 1 is 0.267 bits per heavy atom. The van der Waals surface area contributed by atoms with Crippen LogP contribution in [0.2, 0.25) is 0 Å². The van der Waals surface area contributed by atoms with Gasteiger partial charge in [0.1, 0.15) is 11.6 Å². The summed E-state index contributed by atoms with van der Waals surface area (Å²) < 4.78 is 4.51. The number of hydrogen-bond acceptors (Lipinski definition) is 4. The highest BCUT2D eigenvalue weighted by Gasteiger charge is 2.18. The third-order valence-electron chi connectivity index (χ3n) is 11.6. The molecular formula is C54H34N6. The fourth-order valence-electron chi connectivity index (χ4n) is 8.86. The van der Waals surface area contributed by atoms with Crippen molar-refractivity contribution in [2.75, 3.05) is 0 Å². The standard InChI is InChI=1S/C54H34N6/c1-2-17-37-35(15-1)16-11-22-38(37)36-33-48(58-54(34-36)60-51-30-9-5-20-41(51)42-21-6-10-31-52(42)60)47-26-13-24-44(56-47)43-23-12-25-45(55-43)46-27-14-32-53(57-46)59-49-28-7-3-18-39(49)40-19-4-8-29-50(40)59/h1-34H. The van der Waals surface area contributed by atoms with Gasteiger partial charge in [-0.05, 0) is 94.7 Å². The van der Waals surface area contributed by atoms with E-state index < -0.39 is 0 Å². The second kappa shape index (κ2) is 13.7. The van der Waals surface area contributed by atoms with Crippen molar-refractivity contribution in [2.45, 2.75) is 0 Å². The molecule has 6 heterocycles. The zero-order valence-electron chi connectivity index (χ0n) is 32.3. The molecule has 0 spiro atoms. The van der Waals surface area contributed by atoms with Crippen LogP contribution in [0.5, 0.6) is 0 Å². The van der Waals surface area contributed by atoms with Crippen LogP contribution in [0.1, 0.15) is 0 Å². The number of benzene rings is 6. The Balaban J connectivity index is 0.988. The van der Waals surface area contributed by atoms with Crippen molar-refractivity contribution >= 4 is 54.4 Å². The van der Waals surface area contributed by atoms with Gasteiger partial charge < -0.3 is 0 Å². The first-order chi connectivity index (χ1) is 29.7. The number of hydrogen-bond donors (Lipinski definition) is 0. The number of pyridine rings is 4. The average Bonchev–Trinajstić information content (AvgIpc) is 3.85. The molecule has 0 N–H and O–H groups in total. The van der Waals surface area contributed by atoms with Crippen molar-refractivity contribution in [1.82, 2.24) is 29.1 Å². The van der Waals surface area contributed by atoms with Gasteiger partial charge in [-0.2, -0.15) is 0 Å². The number of para-hydroxylation sites is 4. The fraction of sp³-hybridized carbons (Fsp3) is 0. The molecule has 0 radical (unpaired) electrons. The van der Waals surface area contributed by atoms with Crippen LogP contribution in [0.3, 0.4) is 0 Å². The molecule has 0 fully saturated rings. The third-order valence-corrected chi connectivity index (χ3v) is 11.6. The summed E-state index contributed by atoms with van der Waals surface area (Å²) in [5.74, 6) is 1.67. The quantitative estimate of drug-likeness (QED) is 0.169. The van der Waals surface area contributed by atoms with E-state index in [-0.39, 0.29) is 0 Å². The van der Waals surface area contributed by atoms with Gasteiger partial charge in [-0.1, -0.05) is 133 Å². The van der Waals surface area contributed by atoms with E-state index in [1.807, 2.05) is 42.5 Å². The number of rotatable bonds is 6. The third kappa shape index (κ3) is 5.50. The van der Waals surface area contributed by atoms with Crippen molar-refractivity contribution in [1.29, 1.82) is 0 Å². The van der Waals surface area contributed by atoms with E-state index in [9.17, 15) is 0 Å². The Hall–Kier alpha value is -8.22. The SMILES string of the molecule is c1cc(-c2cccc(-c3cc(-c4cccc5ccccc45)cc(-n4c5ccccc5c5ccccc54)n3)n2)nc(-c2cccc(-n3c4ccccc4c4ccccc43)n2)c1. The van der Waals surface area contributed by atoms with Gasteiger partial charge in [-0.15, -0.1) is 0 Å². The van der Waals surface area contributed by atoms with Crippen LogP contribution < -0.4 is 0 Å². The summed E-state index contributed by atoms with van der Waals surface area (Å²) in [6.45, 7) is 0. The van der Waals surface area contributed by atoms with E-state index >= 15 is 0 Å².